The van der Waals surface area contributed by atoms with Crippen LogP contribution in [-0.4, -0.2) is 41.9 Å². The predicted molar refractivity (Wildman–Crippen MR) is 71.1 cm³/mol. The van der Waals surface area contributed by atoms with Crippen LogP contribution >= 0.6 is 23.4 Å². The van der Waals surface area contributed by atoms with Crippen LogP contribution in [0.5, 0.6) is 0 Å². The van der Waals surface area contributed by atoms with Crippen molar-refractivity contribution in [2.24, 2.45) is 7.05 Å². The molecule has 0 bridgehead atoms. The summed E-state index contributed by atoms with van der Waals surface area (Å²) in [7, 11) is -1.52. The molecule has 0 radical (unpaired) electrons. The van der Waals surface area contributed by atoms with Gasteiger partial charge in [-0.3, -0.25) is 0 Å². The van der Waals surface area contributed by atoms with E-state index in [9.17, 15) is 8.42 Å². The number of hydrogen-bond acceptors (Lipinski definition) is 3. The average molecular weight is 295 g/mol. The summed E-state index contributed by atoms with van der Waals surface area (Å²) in [5, 5.41) is 0. The molecule has 0 aliphatic carbocycles. The molecule has 1 aliphatic heterocycles. The van der Waals surface area contributed by atoms with Gasteiger partial charge in [0.05, 0.1) is 5.88 Å². The van der Waals surface area contributed by atoms with Crippen LogP contribution in [0.15, 0.2) is 17.2 Å². The molecule has 17 heavy (non-hydrogen) atoms. The molecular weight excluding hydrogens is 280 g/mol. The normalized spacial score (nSPS) is 18.5. The maximum atomic E-state index is 12.3. The van der Waals surface area contributed by atoms with E-state index in [2.05, 4.69) is 0 Å². The fourth-order valence-electron chi connectivity index (χ4n) is 1.79. The molecule has 7 heteroatoms. The van der Waals surface area contributed by atoms with E-state index in [-0.39, 0.29) is 0 Å². The van der Waals surface area contributed by atoms with Crippen LogP contribution < -0.4 is 0 Å². The molecule has 0 unspecified atom stereocenters. The van der Waals surface area contributed by atoms with Gasteiger partial charge in [-0.25, -0.2) is 8.42 Å². The standard InChI is InChI=1S/C10H15ClN2O2S2/c1-12-8-10(6-9(12)7-11)17(14,15)13-2-4-16-5-3-13/h6,8H,2-5,7H2,1H3. The second-order valence-electron chi connectivity index (χ2n) is 3.93. The predicted octanol–water partition coefficient (Wildman–Crippen LogP) is 1.50. The molecule has 0 N–H and O–H groups in total. The monoisotopic (exact) mass is 294 g/mol. The van der Waals surface area contributed by atoms with Crippen molar-refractivity contribution in [2.45, 2.75) is 10.8 Å². The van der Waals surface area contributed by atoms with Gasteiger partial charge in [-0.2, -0.15) is 16.1 Å². The Bertz CT molecular complexity index is 492. The summed E-state index contributed by atoms with van der Waals surface area (Å²) >= 11 is 7.54. The lowest BCUT2D eigenvalue weighted by atomic mass is 10.5. The number of nitrogens with zero attached hydrogens (tertiary/aromatic N) is 2. The lowest BCUT2D eigenvalue weighted by Crippen LogP contribution is -2.37. The van der Waals surface area contributed by atoms with Gasteiger partial charge in [0, 0.05) is 43.5 Å². The second kappa shape index (κ2) is 5.22. The molecule has 1 fully saturated rings. The summed E-state index contributed by atoms with van der Waals surface area (Å²) in [6.07, 6.45) is 1.63. The minimum Gasteiger partial charge on any atom is -0.352 e. The van der Waals surface area contributed by atoms with E-state index in [4.69, 9.17) is 11.6 Å². The molecule has 0 spiro atoms. The molecular formula is C10H15ClN2O2S2. The average Bonchev–Trinajstić information content (AvgIpc) is 2.72. The number of rotatable bonds is 3. The Morgan fingerprint density at radius 1 is 1.41 bits per heavy atom. The smallest absolute Gasteiger partial charge is 0.244 e. The Balaban J connectivity index is 2.30. The number of aromatic nitrogens is 1. The zero-order valence-electron chi connectivity index (χ0n) is 9.60. The van der Waals surface area contributed by atoms with Crippen LogP contribution in [0.3, 0.4) is 0 Å². The molecule has 1 aromatic rings. The summed E-state index contributed by atoms with van der Waals surface area (Å²) in [5.74, 6) is 2.06. The largest absolute Gasteiger partial charge is 0.352 e. The summed E-state index contributed by atoms with van der Waals surface area (Å²) in [4.78, 5) is 0.350. The Morgan fingerprint density at radius 2 is 2.06 bits per heavy atom. The number of thioether (sulfide) groups is 1. The fourth-order valence-corrected chi connectivity index (χ4v) is 4.72. The highest BCUT2D eigenvalue weighted by atomic mass is 35.5. The lowest BCUT2D eigenvalue weighted by Gasteiger charge is -2.24. The first-order valence-corrected chi connectivity index (χ1v) is 8.47. The first-order chi connectivity index (χ1) is 8.05. The molecule has 4 nitrogen and oxygen atoms in total. The van der Waals surface area contributed by atoms with Crippen LogP contribution in [0.4, 0.5) is 0 Å². The molecule has 1 saturated heterocycles. The number of aryl methyl sites for hydroxylation is 1. The first kappa shape index (κ1) is 13.3. The van der Waals surface area contributed by atoms with E-state index in [1.165, 1.54) is 0 Å². The minimum atomic E-state index is -3.33. The molecule has 0 aromatic carbocycles. The fraction of sp³-hybridized carbons (Fsp3) is 0.600. The Morgan fingerprint density at radius 3 is 2.59 bits per heavy atom. The summed E-state index contributed by atoms with van der Waals surface area (Å²) in [6, 6.07) is 1.66. The number of hydrogen-bond donors (Lipinski definition) is 0. The van der Waals surface area contributed by atoms with Crippen molar-refractivity contribution >= 4 is 33.4 Å². The minimum absolute atomic E-state index is 0.321. The van der Waals surface area contributed by atoms with Crippen molar-refractivity contribution in [3.63, 3.8) is 0 Å². The van der Waals surface area contributed by atoms with Crippen molar-refractivity contribution in [1.29, 1.82) is 0 Å². The molecule has 1 aromatic heterocycles. The van der Waals surface area contributed by atoms with Gasteiger partial charge in [-0.05, 0) is 6.07 Å². The maximum absolute atomic E-state index is 12.3. The molecule has 96 valence electrons. The van der Waals surface area contributed by atoms with Crippen LogP contribution in [-0.2, 0) is 23.0 Å². The summed E-state index contributed by atoms with van der Waals surface area (Å²) in [6.45, 7) is 1.19. The SMILES string of the molecule is Cn1cc(S(=O)(=O)N2CCSCC2)cc1CCl. The number of halogens is 1. The van der Waals surface area contributed by atoms with Crippen LogP contribution in [0, 0.1) is 0 Å². The van der Waals surface area contributed by atoms with E-state index in [0.717, 1.165) is 17.2 Å². The molecule has 0 atom stereocenters. The van der Waals surface area contributed by atoms with Gasteiger partial charge in [0.1, 0.15) is 4.90 Å². The molecule has 2 heterocycles. The third kappa shape index (κ3) is 2.65. The van der Waals surface area contributed by atoms with Gasteiger partial charge in [0.25, 0.3) is 0 Å². The highest BCUT2D eigenvalue weighted by molar-refractivity contribution is 7.99. The van der Waals surface area contributed by atoms with Gasteiger partial charge in [0.15, 0.2) is 0 Å². The van der Waals surface area contributed by atoms with Crippen LogP contribution in [0.1, 0.15) is 5.69 Å². The molecule has 0 amide bonds. The number of sulfonamides is 1. The van der Waals surface area contributed by atoms with E-state index >= 15 is 0 Å². The van der Waals surface area contributed by atoms with E-state index in [0.29, 0.717) is 23.9 Å². The zero-order valence-corrected chi connectivity index (χ0v) is 12.0. The zero-order chi connectivity index (χ0) is 12.5. The molecule has 1 aliphatic rings. The third-order valence-electron chi connectivity index (χ3n) is 2.83. The van der Waals surface area contributed by atoms with Gasteiger partial charge in [-0.1, -0.05) is 0 Å². The lowest BCUT2D eigenvalue weighted by molar-refractivity contribution is 0.443. The van der Waals surface area contributed by atoms with Crippen molar-refractivity contribution in [1.82, 2.24) is 8.87 Å². The van der Waals surface area contributed by atoms with Crippen molar-refractivity contribution in [2.75, 3.05) is 24.6 Å². The van der Waals surface area contributed by atoms with Gasteiger partial charge < -0.3 is 4.57 Å². The Labute approximate surface area is 111 Å². The van der Waals surface area contributed by atoms with Crippen molar-refractivity contribution in [3.05, 3.63) is 18.0 Å². The highest BCUT2D eigenvalue weighted by Gasteiger charge is 2.27. The Kier molecular flexibility index (Phi) is 4.07. The Hall–Kier alpha value is -0.170. The van der Waals surface area contributed by atoms with E-state index in [1.807, 2.05) is 7.05 Å². The maximum Gasteiger partial charge on any atom is 0.244 e. The topological polar surface area (TPSA) is 42.3 Å². The van der Waals surface area contributed by atoms with E-state index in [1.54, 1.807) is 32.9 Å². The second-order valence-corrected chi connectivity index (χ2v) is 7.36. The van der Waals surface area contributed by atoms with Crippen molar-refractivity contribution in [3.8, 4) is 0 Å². The van der Waals surface area contributed by atoms with Gasteiger partial charge in [0.2, 0.25) is 10.0 Å². The first-order valence-electron chi connectivity index (χ1n) is 5.35. The van der Waals surface area contributed by atoms with Crippen LogP contribution in [0.25, 0.3) is 0 Å². The van der Waals surface area contributed by atoms with Crippen molar-refractivity contribution < 1.29 is 8.42 Å². The molecule has 0 saturated carbocycles. The summed E-state index contributed by atoms with van der Waals surface area (Å²) < 4.78 is 28.0. The highest BCUT2D eigenvalue weighted by Crippen LogP contribution is 2.22. The van der Waals surface area contributed by atoms with Gasteiger partial charge in [-0.15, -0.1) is 11.6 Å². The van der Waals surface area contributed by atoms with E-state index < -0.39 is 10.0 Å². The van der Waals surface area contributed by atoms with Gasteiger partial charge >= 0.3 is 0 Å². The van der Waals surface area contributed by atoms with Crippen LogP contribution in [0.2, 0.25) is 0 Å². The summed E-state index contributed by atoms with van der Waals surface area (Å²) in [5.41, 5.74) is 0.816. The molecule has 2 rings (SSSR count). The quantitative estimate of drug-likeness (QED) is 0.794. The number of alkyl halides is 1. The third-order valence-corrected chi connectivity index (χ3v) is 5.91.